The van der Waals surface area contributed by atoms with Crippen LogP contribution in [-0.2, 0) is 0 Å². The van der Waals surface area contributed by atoms with Gasteiger partial charge in [-0.2, -0.15) is 0 Å². The van der Waals surface area contributed by atoms with Crippen LogP contribution in [0, 0.1) is 10.1 Å². The fourth-order valence-electron chi connectivity index (χ4n) is 3.54. The number of non-ortho nitro benzene ring substituents is 1. The van der Waals surface area contributed by atoms with Gasteiger partial charge >= 0.3 is 0 Å². The molecule has 26 heavy (non-hydrogen) atoms. The smallest absolute Gasteiger partial charge is 0.270 e. The SMILES string of the molecule is O=C(c1cccc([N+](=O)[O-])c1)N1CCC[C@H]1c1ccc2c(c1)OCCO2. The number of nitro groups is 1. The molecule has 0 bridgehead atoms. The van der Waals surface area contributed by atoms with Gasteiger partial charge in [0.2, 0.25) is 0 Å². The minimum Gasteiger partial charge on any atom is -0.486 e. The number of carbonyl (C=O) groups is 1. The molecule has 0 unspecified atom stereocenters. The Morgan fingerprint density at radius 1 is 1.12 bits per heavy atom. The molecule has 0 aliphatic carbocycles. The van der Waals surface area contributed by atoms with E-state index in [9.17, 15) is 14.9 Å². The van der Waals surface area contributed by atoms with Gasteiger partial charge in [0.05, 0.1) is 11.0 Å². The Bertz CT molecular complexity index is 867. The molecule has 2 aliphatic rings. The molecule has 7 heteroatoms. The van der Waals surface area contributed by atoms with Crippen molar-refractivity contribution in [3.05, 3.63) is 63.7 Å². The molecule has 0 radical (unpaired) electrons. The fraction of sp³-hybridized carbons (Fsp3) is 0.316. The number of benzene rings is 2. The van der Waals surface area contributed by atoms with E-state index in [1.807, 2.05) is 18.2 Å². The van der Waals surface area contributed by atoms with Crippen molar-refractivity contribution in [3.8, 4) is 11.5 Å². The average molecular weight is 354 g/mol. The molecule has 0 saturated carbocycles. The molecule has 2 heterocycles. The lowest BCUT2D eigenvalue weighted by atomic mass is 10.0. The van der Waals surface area contributed by atoms with E-state index in [2.05, 4.69) is 0 Å². The number of ether oxygens (including phenoxy) is 2. The van der Waals surface area contributed by atoms with Crippen molar-refractivity contribution in [2.45, 2.75) is 18.9 Å². The summed E-state index contributed by atoms with van der Waals surface area (Å²) in [6.07, 6.45) is 1.74. The topological polar surface area (TPSA) is 81.9 Å². The molecule has 7 nitrogen and oxygen atoms in total. The summed E-state index contributed by atoms with van der Waals surface area (Å²) >= 11 is 0. The van der Waals surface area contributed by atoms with E-state index in [-0.39, 0.29) is 17.6 Å². The Kier molecular flexibility index (Phi) is 4.20. The number of carbonyl (C=O) groups excluding carboxylic acids is 1. The average Bonchev–Trinajstić information content (AvgIpc) is 3.17. The number of nitrogens with zero attached hydrogens (tertiary/aromatic N) is 2. The number of fused-ring (bicyclic) bond motifs is 1. The molecular weight excluding hydrogens is 336 g/mol. The van der Waals surface area contributed by atoms with Crippen LogP contribution in [0.25, 0.3) is 0 Å². The first-order chi connectivity index (χ1) is 12.6. The van der Waals surface area contributed by atoms with Gasteiger partial charge < -0.3 is 14.4 Å². The van der Waals surface area contributed by atoms with Gasteiger partial charge in [-0.15, -0.1) is 0 Å². The first kappa shape index (κ1) is 16.4. The van der Waals surface area contributed by atoms with Gasteiger partial charge in [-0.05, 0) is 36.6 Å². The lowest BCUT2D eigenvalue weighted by Crippen LogP contribution is -2.30. The van der Waals surface area contributed by atoms with Crippen molar-refractivity contribution in [3.63, 3.8) is 0 Å². The van der Waals surface area contributed by atoms with E-state index in [1.54, 1.807) is 17.0 Å². The van der Waals surface area contributed by atoms with E-state index in [4.69, 9.17) is 9.47 Å². The van der Waals surface area contributed by atoms with E-state index < -0.39 is 4.92 Å². The molecular formula is C19H18N2O5. The third-order valence-electron chi connectivity index (χ3n) is 4.77. The van der Waals surface area contributed by atoms with E-state index in [1.165, 1.54) is 12.1 Å². The maximum atomic E-state index is 12.9. The summed E-state index contributed by atoms with van der Waals surface area (Å²) < 4.78 is 11.2. The van der Waals surface area contributed by atoms with Gasteiger partial charge in [0.1, 0.15) is 13.2 Å². The van der Waals surface area contributed by atoms with Crippen LogP contribution in [0.1, 0.15) is 34.8 Å². The van der Waals surface area contributed by atoms with Gasteiger partial charge in [-0.3, -0.25) is 14.9 Å². The van der Waals surface area contributed by atoms with E-state index in [0.29, 0.717) is 31.1 Å². The van der Waals surface area contributed by atoms with E-state index >= 15 is 0 Å². The van der Waals surface area contributed by atoms with Crippen LogP contribution in [0.2, 0.25) is 0 Å². The Morgan fingerprint density at radius 2 is 1.92 bits per heavy atom. The Balaban J connectivity index is 1.61. The summed E-state index contributed by atoms with van der Waals surface area (Å²) in [4.78, 5) is 25.2. The quantitative estimate of drug-likeness (QED) is 0.624. The van der Waals surface area contributed by atoms with Gasteiger partial charge in [0.15, 0.2) is 11.5 Å². The van der Waals surface area contributed by atoms with Crippen molar-refractivity contribution in [2.75, 3.05) is 19.8 Å². The lowest BCUT2D eigenvalue weighted by molar-refractivity contribution is -0.384. The highest BCUT2D eigenvalue weighted by Gasteiger charge is 2.32. The monoisotopic (exact) mass is 354 g/mol. The van der Waals surface area contributed by atoms with E-state index in [0.717, 1.165) is 24.2 Å². The molecule has 1 fully saturated rings. The molecule has 1 atom stereocenters. The van der Waals surface area contributed by atoms with Crippen LogP contribution >= 0.6 is 0 Å². The predicted molar refractivity (Wildman–Crippen MR) is 93.5 cm³/mol. The van der Waals surface area contributed by atoms with Crippen molar-refractivity contribution in [1.29, 1.82) is 0 Å². The van der Waals surface area contributed by atoms with Gasteiger partial charge in [-0.25, -0.2) is 0 Å². The Labute approximate surface area is 150 Å². The summed E-state index contributed by atoms with van der Waals surface area (Å²) in [5, 5.41) is 11.0. The maximum Gasteiger partial charge on any atom is 0.270 e. The van der Waals surface area contributed by atoms with Crippen LogP contribution in [0.5, 0.6) is 11.5 Å². The minimum absolute atomic E-state index is 0.0717. The predicted octanol–water partition coefficient (Wildman–Crippen LogP) is 3.34. The van der Waals surface area contributed by atoms with Crippen molar-refractivity contribution in [1.82, 2.24) is 4.90 Å². The summed E-state index contributed by atoms with van der Waals surface area (Å²) in [5.41, 5.74) is 1.25. The van der Waals surface area contributed by atoms with Gasteiger partial charge in [-0.1, -0.05) is 12.1 Å². The highest BCUT2D eigenvalue weighted by molar-refractivity contribution is 5.95. The molecule has 134 valence electrons. The van der Waals surface area contributed by atoms with Gasteiger partial charge in [0.25, 0.3) is 11.6 Å². The van der Waals surface area contributed by atoms with Crippen molar-refractivity contribution < 1.29 is 19.2 Å². The number of amides is 1. The summed E-state index contributed by atoms with van der Waals surface area (Å²) in [6.45, 7) is 1.67. The zero-order valence-corrected chi connectivity index (χ0v) is 14.1. The number of rotatable bonds is 3. The fourth-order valence-corrected chi connectivity index (χ4v) is 3.54. The molecule has 0 N–H and O–H groups in total. The van der Waals surface area contributed by atoms with Gasteiger partial charge in [0, 0.05) is 24.2 Å². The summed E-state index contributed by atoms with van der Waals surface area (Å²) in [5.74, 6) is 1.23. The second-order valence-electron chi connectivity index (χ2n) is 6.37. The Hall–Kier alpha value is -3.09. The standard InChI is InChI=1S/C19H18N2O5/c22-19(14-3-1-4-15(11-14)21(23)24)20-8-2-5-16(20)13-6-7-17-18(12-13)26-10-9-25-17/h1,3-4,6-7,11-12,16H,2,5,8-10H2/t16-/m0/s1. The highest BCUT2D eigenvalue weighted by atomic mass is 16.6. The lowest BCUT2D eigenvalue weighted by Gasteiger charge is -2.26. The molecule has 1 saturated heterocycles. The number of hydrogen-bond acceptors (Lipinski definition) is 5. The largest absolute Gasteiger partial charge is 0.486 e. The third kappa shape index (κ3) is 2.96. The number of likely N-dealkylation sites (tertiary alicyclic amines) is 1. The molecule has 0 aromatic heterocycles. The van der Waals surface area contributed by atoms with Crippen molar-refractivity contribution in [2.24, 2.45) is 0 Å². The molecule has 4 rings (SSSR count). The highest BCUT2D eigenvalue weighted by Crippen LogP contribution is 2.38. The first-order valence-corrected chi connectivity index (χ1v) is 8.58. The summed E-state index contributed by atoms with van der Waals surface area (Å²) in [7, 11) is 0. The molecule has 2 aliphatic heterocycles. The van der Waals surface area contributed by atoms with Crippen LogP contribution < -0.4 is 9.47 Å². The maximum absolute atomic E-state index is 12.9. The number of hydrogen-bond donors (Lipinski definition) is 0. The van der Waals surface area contributed by atoms with Crippen LogP contribution in [-0.4, -0.2) is 35.5 Å². The van der Waals surface area contributed by atoms with Crippen LogP contribution in [0.3, 0.4) is 0 Å². The molecule has 2 aromatic carbocycles. The normalized spacial score (nSPS) is 18.6. The number of nitro benzene ring substituents is 1. The van der Waals surface area contributed by atoms with Crippen LogP contribution in [0.15, 0.2) is 42.5 Å². The molecule has 2 aromatic rings. The third-order valence-corrected chi connectivity index (χ3v) is 4.77. The zero-order valence-electron chi connectivity index (χ0n) is 14.1. The molecule has 0 spiro atoms. The first-order valence-electron chi connectivity index (χ1n) is 8.58. The minimum atomic E-state index is -0.487. The van der Waals surface area contributed by atoms with Crippen molar-refractivity contribution >= 4 is 11.6 Å². The zero-order chi connectivity index (χ0) is 18.1. The summed E-state index contributed by atoms with van der Waals surface area (Å²) in [6, 6.07) is 11.6. The van der Waals surface area contributed by atoms with Crippen LogP contribution in [0.4, 0.5) is 5.69 Å². The second-order valence-corrected chi connectivity index (χ2v) is 6.37. The second kappa shape index (κ2) is 6.67. The molecule has 1 amide bonds. The Morgan fingerprint density at radius 3 is 2.73 bits per heavy atom.